The first kappa shape index (κ1) is 17.9. The van der Waals surface area contributed by atoms with E-state index in [1.807, 2.05) is 13.0 Å². The van der Waals surface area contributed by atoms with E-state index in [0.29, 0.717) is 6.54 Å². The van der Waals surface area contributed by atoms with Crippen molar-refractivity contribution in [3.05, 3.63) is 29.3 Å². The van der Waals surface area contributed by atoms with Crippen molar-refractivity contribution in [2.45, 2.75) is 55.2 Å². The van der Waals surface area contributed by atoms with Crippen LogP contribution in [-0.2, 0) is 32.5 Å². The number of hydrogen-bond donors (Lipinski definition) is 1. The number of hydrogen-bond acceptors (Lipinski definition) is 5. The Morgan fingerprint density at radius 1 is 1.12 bits per heavy atom. The normalized spacial score (nSPS) is 26.2. The van der Waals surface area contributed by atoms with Crippen LogP contribution >= 0.6 is 0 Å². The highest BCUT2D eigenvalue weighted by molar-refractivity contribution is 7.96. The summed E-state index contributed by atoms with van der Waals surface area (Å²) in [6.07, 6.45) is 4.95. The minimum Gasteiger partial charge on any atom is -0.312 e. The maximum Gasteiger partial charge on any atom is 0.183 e. The van der Waals surface area contributed by atoms with Gasteiger partial charge in [0.2, 0.25) is 0 Å². The van der Waals surface area contributed by atoms with E-state index in [1.165, 1.54) is 5.56 Å². The van der Waals surface area contributed by atoms with E-state index in [-0.39, 0.29) is 16.4 Å². The van der Waals surface area contributed by atoms with Crippen LogP contribution in [0.2, 0.25) is 0 Å². The molecule has 0 aromatic heterocycles. The number of nitrogens with one attached hydrogen (secondary N) is 1. The van der Waals surface area contributed by atoms with Gasteiger partial charge in [-0.3, -0.25) is 0 Å². The molecule has 2 atom stereocenters. The fourth-order valence-corrected chi connectivity index (χ4v) is 8.47. The van der Waals surface area contributed by atoms with Crippen molar-refractivity contribution in [1.82, 2.24) is 5.32 Å². The summed E-state index contributed by atoms with van der Waals surface area (Å²) in [6, 6.07) is 4.81. The summed E-state index contributed by atoms with van der Waals surface area (Å²) in [7, 11) is -6.99. The smallest absolute Gasteiger partial charge is 0.183 e. The Labute approximate surface area is 144 Å². The minimum atomic E-state index is -3.66. The summed E-state index contributed by atoms with van der Waals surface area (Å²) in [5.74, 6) is -0.379. The van der Waals surface area contributed by atoms with E-state index in [4.69, 9.17) is 0 Å². The van der Waals surface area contributed by atoms with Crippen LogP contribution in [0.1, 0.15) is 37.3 Å². The molecule has 0 bridgehead atoms. The van der Waals surface area contributed by atoms with Crippen LogP contribution in [-0.4, -0.2) is 46.2 Å². The summed E-state index contributed by atoms with van der Waals surface area (Å²) in [5, 5.41) is 2.22. The molecule has 24 heavy (non-hydrogen) atoms. The molecule has 0 unspecified atom stereocenters. The summed E-state index contributed by atoms with van der Waals surface area (Å²) in [5.41, 5.74) is 2.32. The minimum absolute atomic E-state index is 0.0954. The van der Waals surface area contributed by atoms with Gasteiger partial charge in [0, 0.05) is 6.04 Å². The molecule has 3 rings (SSSR count). The molecule has 0 saturated carbocycles. The standard InChI is InChI=1S/C17H25NO4S2/c1-2-9-18-16-11-23(19,20)12-17(16)24(21,22)15-8-7-13-5-3-4-6-14(13)10-15/h7-8,10,16-18H,2-6,9,11-12H2,1H3/t16-,17-/m0/s1. The average Bonchev–Trinajstić information content (AvgIpc) is 2.88. The van der Waals surface area contributed by atoms with Crippen LogP contribution in [0.25, 0.3) is 0 Å². The number of aryl methyl sites for hydroxylation is 2. The van der Waals surface area contributed by atoms with Gasteiger partial charge in [0.25, 0.3) is 0 Å². The third kappa shape index (κ3) is 3.53. The highest BCUT2D eigenvalue weighted by Gasteiger charge is 2.45. The third-order valence-electron chi connectivity index (χ3n) is 5.00. The fraction of sp³-hybridized carbons (Fsp3) is 0.647. The van der Waals surface area contributed by atoms with Crippen LogP contribution in [0.5, 0.6) is 0 Å². The van der Waals surface area contributed by atoms with E-state index < -0.39 is 31.0 Å². The lowest BCUT2D eigenvalue weighted by molar-refractivity contribution is 0.525. The predicted octanol–water partition coefficient (Wildman–Crippen LogP) is 1.50. The maximum absolute atomic E-state index is 13.1. The molecule has 0 spiro atoms. The molecule has 134 valence electrons. The summed E-state index contributed by atoms with van der Waals surface area (Å²) >= 11 is 0. The zero-order chi connectivity index (χ0) is 17.4. The molecule has 1 aliphatic carbocycles. The second-order valence-corrected chi connectivity index (χ2v) is 11.2. The lowest BCUT2D eigenvalue weighted by Gasteiger charge is -2.21. The predicted molar refractivity (Wildman–Crippen MR) is 94.8 cm³/mol. The number of sulfone groups is 2. The van der Waals surface area contributed by atoms with Gasteiger partial charge in [0.15, 0.2) is 19.7 Å². The molecule has 1 aromatic carbocycles. The van der Waals surface area contributed by atoms with E-state index >= 15 is 0 Å². The van der Waals surface area contributed by atoms with Crippen molar-refractivity contribution in [2.75, 3.05) is 18.1 Å². The highest BCUT2D eigenvalue weighted by atomic mass is 32.2. The van der Waals surface area contributed by atoms with Crippen molar-refractivity contribution >= 4 is 19.7 Å². The van der Waals surface area contributed by atoms with Crippen LogP contribution in [0.4, 0.5) is 0 Å². The second kappa shape index (κ2) is 6.77. The second-order valence-electron chi connectivity index (χ2n) is 6.86. The molecule has 1 aromatic rings. The molecule has 1 N–H and O–H groups in total. The molecule has 0 amide bonds. The van der Waals surface area contributed by atoms with Crippen molar-refractivity contribution in [3.63, 3.8) is 0 Å². The summed E-state index contributed by atoms with van der Waals surface area (Å²) < 4.78 is 50.2. The van der Waals surface area contributed by atoms with Gasteiger partial charge in [-0.15, -0.1) is 0 Å². The maximum atomic E-state index is 13.1. The molecule has 7 heteroatoms. The molecule has 1 saturated heterocycles. The summed E-state index contributed by atoms with van der Waals surface area (Å²) in [4.78, 5) is 0.272. The average molecular weight is 372 g/mol. The van der Waals surface area contributed by atoms with Gasteiger partial charge in [-0.25, -0.2) is 16.8 Å². The molecule has 5 nitrogen and oxygen atoms in total. The largest absolute Gasteiger partial charge is 0.312 e. The van der Waals surface area contributed by atoms with Gasteiger partial charge in [-0.05, 0) is 61.9 Å². The van der Waals surface area contributed by atoms with Gasteiger partial charge in [-0.1, -0.05) is 13.0 Å². The van der Waals surface area contributed by atoms with E-state index in [0.717, 1.165) is 37.7 Å². The molecule has 2 aliphatic rings. The highest BCUT2D eigenvalue weighted by Crippen LogP contribution is 2.29. The Kier molecular flexibility index (Phi) is 5.04. The van der Waals surface area contributed by atoms with Gasteiger partial charge in [0.1, 0.15) is 0 Å². The van der Waals surface area contributed by atoms with Crippen LogP contribution in [0, 0.1) is 0 Å². The lowest BCUT2D eigenvalue weighted by atomic mass is 9.92. The molecular formula is C17H25NO4S2. The van der Waals surface area contributed by atoms with Crippen LogP contribution in [0.3, 0.4) is 0 Å². The van der Waals surface area contributed by atoms with Crippen LogP contribution < -0.4 is 5.32 Å². The lowest BCUT2D eigenvalue weighted by Crippen LogP contribution is -2.43. The third-order valence-corrected chi connectivity index (χ3v) is 9.15. The Balaban J connectivity index is 1.93. The fourth-order valence-electron chi connectivity index (χ4n) is 3.70. The van der Waals surface area contributed by atoms with Gasteiger partial charge in [-0.2, -0.15) is 0 Å². The van der Waals surface area contributed by atoms with Gasteiger partial charge < -0.3 is 5.32 Å². The topological polar surface area (TPSA) is 80.3 Å². The van der Waals surface area contributed by atoms with Crippen molar-refractivity contribution in [1.29, 1.82) is 0 Å². The molecule has 1 fully saturated rings. The van der Waals surface area contributed by atoms with E-state index in [1.54, 1.807) is 12.1 Å². The van der Waals surface area contributed by atoms with Gasteiger partial charge >= 0.3 is 0 Å². The Hall–Kier alpha value is -0.920. The monoisotopic (exact) mass is 371 g/mol. The Morgan fingerprint density at radius 3 is 2.54 bits per heavy atom. The number of benzene rings is 1. The molecular weight excluding hydrogens is 346 g/mol. The van der Waals surface area contributed by atoms with Crippen molar-refractivity contribution < 1.29 is 16.8 Å². The SMILES string of the molecule is CCCN[C@H]1CS(=O)(=O)C[C@@H]1S(=O)(=O)c1ccc2c(c1)CCCC2. The van der Waals surface area contributed by atoms with Crippen LogP contribution in [0.15, 0.2) is 23.1 Å². The van der Waals surface area contributed by atoms with E-state index in [2.05, 4.69) is 5.32 Å². The number of rotatable bonds is 5. The zero-order valence-electron chi connectivity index (χ0n) is 14.0. The number of fused-ring (bicyclic) bond motifs is 1. The first-order valence-corrected chi connectivity index (χ1v) is 12.0. The summed E-state index contributed by atoms with van der Waals surface area (Å²) in [6.45, 7) is 2.60. The first-order chi connectivity index (χ1) is 11.3. The Morgan fingerprint density at radius 2 is 1.83 bits per heavy atom. The molecule has 1 aliphatic heterocycles. The molecule has 0 radical (unpaired) electrons. The van der Waals surface area contributed by atoms with Crippen molar-refractivity contribution in [2.24, 2.45) is 0 Å². The first-order valence-electron chi connectivity index (χ1n) is 8.63. The van der Waals surface area contributed by atoms with E-state index in [9.17, 15) is 16.8 Å². The Bertz CT molecular complexity index is 815. The van der Waals surface area contributed by atoms with Gasteiger partial charge in [0.05, 0.1) is 21.7 Å². The zero-order valence-corrected chi connectivity index (χ0v) is 15.6. The van der Waals surface area contributed by atoms with Crippen molar-refractivity contribution in [3.8, 4) is 0 Å². The quantitative estimate of drug-likeness (QED) is 0.848. The molecule has 1 heterocycles.